The first-order valence-electron chi connectivity index (χ1n) is 6.59. The minimum atomic E-state index is -3.25. The van der Waals surface area contributed by atoms with Crippen molar-refractivity contribution in [3.63, 3.8) is 0 Å². The van der Waals surface area contributed by atoms with Gasteiger partial charge in [0.25, 0.3) is 5.89 Å². The number of hydrogen-bond donors (Lipinski definition) is 1. The van der Waals surface area contributed by atoms with Crippen LogP contribution in [0.25, 0.3) is 11.6 Å². The van der Waals surface area contributed by atoms with E-state index in [1.54, 1.807) is 6.07 Å². The first-order chi connectivity index (χ1) is 9.77. The largest absolute Gasteiger partial charge is 0.332 e. The van der Waals surface area contributed by atoms with Crippen LogP contribution in [-0.4, -0.2) is 51.9 Å². The lowest BCUT2D eigenvalue weighted by atomic mass is 10.3. The van der Waals surface area contributed by atoms with Gasteiger partial charge in [0.1, 0.15) is 0 Å². The maximum Gasteiger partial charge on any atom is 0.278 e. The predicted octanol–water partition coefficient (Wildman–Crippen LogP) is 0.981. The Hall–Kier alpha value is -1.74. The van der Waals surface area contributed by atoms with Crippen molar-refractivity contribution in [3.05, 3.63) is 17.6 Å². The van der Waals surface area contributed by atoms with Crippen molar-refractivity contribution in [3.8, 4) is 11.6 Å². The van der Waals surface area contributed by atoms with E-state index in [1.807, 2.05) is 20.8 Å². The zero-order valence-electron chi connectivity index (χ0n) is 12.5. The summed E-state index contributed by atoms with van der Waals surface area (Å²) in [5, 5.41) is 10.7. The fraction of sp³-hybridized carbons (Fsp3) is 0.583. The summed E-state index contributed by atoms with van der Waals surface area (Å²) < 4.78 is 29.9. The Morgan fingerprint density at radius 1 is 1.43 bits per heavy atom. The van der Waals surface area contributed by atoms with Crippen molar-refractivity contribution in [2.75, 3.05) is 12.8 Å². The molecule has 0 radical (unpaired) electrons. The molecule has 0 aliphatic heterocycles. The summed E-state index contributed by atoms with van der Waals surface area (Å²) in [6, 6.07) is 1.69. The summed E-state index contributed by atoms with van der Waals surface area (Å²) in [5.74, 6) is 0.782. The third-order valence-electron chi connectivity index (χ3n) is 2.95. The lowest BCUT2D eigenvalue weighted by molar-refractivity contribution is 0.353. The van der Waals surface area contributed by atoms with E-state index in [2.05, 4.69) is 20.3 Å². The highest BCUT2D eigenvalue weighted by Gasteiger charge is 2.21. The molecule has 1 N–H and O–H groups in total. The average molecular weight is 313 g/mol. The molecule has 2 aromatic rings. The van der Waals surface area contributed by atoms with E-state index in [-0.39, 0.29) is 6.04 Å². The van der Waals surface area contributed by atoms with Crippen LogP contribution in [0.3, 0.4) is 0 Å². The molecule has 21 heavy (non-hydrogen) atoms. The average Bonchev–Trinajstić information content (AvgIpc) is 2.95. The number of aromatic amines is 1. The second-order valence-electron chi connectivity index (χ2n) is 5.17. The standard InChI is InChI=1S/C12H19N5O3S/c1-8(2)17(21(4,18)19)6-5-11-13-12(20-16-11)10-7-9(3)14-15-10/h7-8H,5-6H2,1-4H3,(H,14,15). The van der Waals surface area contributed by atoms with Crippen LogP contribution in [0.2, 0.25) is 0 Å². The number of H-pyrrole nitrogens is 1. The molecular weight excluding hydrogens is 294 g/mol. The number of hydrogen-bond acceptors (Lipinski definition) is 6. The minimum Gasteiger partial charge on any atom is -0.332 e. The molecule has 0 aromatic carbocycles. The molecule has 8 nitrogen and oxygen atoms in total. The van der Waals surface area contributed by atoms with Crippen molar-refractivity contribution in [1.29, 1.82) is 0 Å². The molecule has 0 amide bonds. The van der Waals surface area contributed by atoms with Crippen molar-refractivity contribution < 1.29 is 12.9 Å². The van der Waals surface area contributed by atoms with Gasteiger partial charge in [-0.25, -0.2) is 8.42 Å². The zero-order chi connectivity index (χ0) is 15.6. The van der Waals surface area contributed by atoms with E-state index in [0.29, 0.717) is 30.4 Å². The Morgan fingerprint density at radius 2 is 2.14 bits per heavy atom. The summed E-state index contributed by atoms with van der Waals surface area (Å²) in [5.41, 5.74) is 1.47. The van der Waals surface area contributed by atoms with Crippen LogP contribution < -0.4 is 0 Å². The highest BCUT2D eigenvalue weighted by Crippen LogP contribution is 2.15. The molecule has 9 heteroatoms. The van der Waals surface area contributed by atoms with Crippen LogP contribution >= 0.6 is 0 Å². The maximum atomic E-state index is 11.7. The van der Waals surface area contributed by atoms with E-state index < -0.39 is 10.0 Å². The van der Waals surface area contributed by atoms with Crippen LogP contribution in [0.15, 0.2) is 10.6 Å². The first-order valence-corrected chi connectivity index (χ1v) is 8.44. The molecule has 0 saturated heterocycles. The molecule has 2 aromatic heterocycles. The molecule has 0 saturated carbocycles. The second-order valence-corrected chi connectivity index (χ2v) is 7.10. The Bertz CT molecular complexity index is 704. The topological polar surface area (TPSA) is 105 Å². The Morgan fingerprint density at radius 3 is 2.67 bits per heavy atom. The maximum absolute atomic E-state index is 11.7. The van der Waals surface area contributed by atoms with E-state index in [1.165, 1.54) is 10.6 Å². The third kappa shape index (κ3) is 3.88. The fourth-order valence-corrected chi connectivity index (χ4v) is 3.19. The molecule has 0 unspecified atom stereocenters. The van der Waals surface area contributed by atoms with E-state index in [0.717, 1.165) is 5.69 Å². The normalized spacial score (nSPS) is 12.5. The smallest absolute Gasteiger partial charge is 0.278 e. The Labute approximate surface area is 123 Å². The fourth-order valence-electron chi connectivity index (χ4n) is 2.00. The van der Waals surface area contributed by atoms with Crippen molar-refractivity contribution in [2.45, 2.75) is 33.2 Å². The van der Waals surface area contributed by atoms with Gasteiger partial charge in [-0.2, -0.15) is 14.4 Å². The lowest BCUT2D eigenvalue weighted by Crippen LogP contribution is -2.37. The van der Waals surface area contributed by atoms with Gasteiger partial charge in [-0.15, -0.1) is 0 Å². The van der Waals surface area contributed by atoms with Gasteiger partial charge in [0.05, 0.1) is 6.26 Å². The molecule has 2 heterocycles. The molecule has 0 fully saturated rings. The number of nitrogens with one attached hydrogen (secondary N) is 1. The summed E-state index contributed by atoms with van der Waals surface area (Å²) in [6.45, 7) is 5.85. The lowest BCUT2D eigenvalue weighted by Gasteiger charge is -2.23. The highest BCUT2D eigenvalue weighted by molar-refractivity contribution is 7.88. The van der Waals surface area contributed by atoms with Gasteiger partial charge >= 0.3 is 0 Å². The molecule has 0 aliphatic rings. The van der Waals surface area contributed by atoms with Gasteiger partial charge < -0.3 is 4.52 Å². The van der Waals surface area contributed by atoms with Crippen LogP contribution in [-0.2, 0) is 16.4 Å². The molecule has 0 bridgehead atoms. The summed E-state index contributed by atoms with van der Waals surface area (Å²) in [7, 11) is -3.25. The predicted molar refractivity (Wildman–Crippen MR) is 77.0 cm³/mol. The molecule has 0 atom stereocenters. The van der Waals surface area contributed by atoms with E-state index >= 15 is 0 Å². The highest BCUT2D eigenvalue weighted by atomic mass is 32.2. The second kappa shape index (κ2) is 5.94. The molecule has 2 rings (SSSR count). The SMILES string of the molecule is Cc1cc(-c2nc(CCN(C(C)C)S(C)(=O)=O)no2)n[nH]1. The minimum absolute atomic E-state index is 0.111. The number of aryl methyl sites for hydroxylation is 1. The van der Waals surface area contributed by atoms with Crippen LogP contribution in [0.4, 0.5) is 0 Å². The van der Waals surface area contributed by atoms with Crippen LogP contribution in [0.5, 0.6) is 0 Å². The molecular formula is C12H19N5O3S. The Kier molecular flexibility index (Phi) is 4.43. The van der Waals surface area contributed by atoms with Gasteiger partial charge in [-0.1, -0.05) is 5.16 Å². The monoisotopic (exact) mass is 313 g/mol. The molecule has 116 valence electrons. The third-order valence-corrected chi connectivity index (χ3v) is 4.41. The van der Waals surface area contributed by atoms with Gasteiger partial charge in [-0.05, 0) is 26.8 Å². The number of rotatable bonds is 6. The van der Waals surface area contributed by atoms with Gasteiger partial charge in [0.15, 0.2) is 11.5 Å². The number of aromatic nitrogens is 4. The van der Waals surface area contributed by atoms with Crippen LogP contribution in [0, 0.1) is 6.92 Å². The van der Waals surface area contributed by atoms with Crippen LogP contribution in [0.1, 0.15) is 25.4 Å². The molecule has 0 aliphatic carbocycles. The first kappa shape index (κ1) is 15.6. The summed E-state index contributed by atoms with van der Waals surface area (Å²) >= 11 is 0. The van der Waals surface area contributed by atoms with E-state index in [9.17, 15) is 8.42 Å². The zero-order valence-corrected chi connectivity index (χ0v) is 13.3. The quantitative estimate of drug-likeness (QED) is 0.852. The van der Waals surface area contributed by atoms with Crippen molar-refractivity contribution in [2.24, 2.45) is 0 Å². The Balaban J connectivity index is 2.06. The number of nitrogens with zero attached hydrogens (tertiary/aromatic N) is 4. The van der Waals surface area contributed by atoms with Crippen molar-refractivity contribution in [1.82, 2.24) is 24.6 Å². The van der Waals surface area contributed by atoms with E-state index in [4.69, 9.17) is 4.52 Å². The molecule has 0 spiro atoms. The van der Waals surface area contributed by atoms with Gasteiger partial charge in [0, 0.05) is 24.7 Å². The summed E-state index contributed by atoms with van der Waals surface area (Å²) in [6.07, 6.45) is 1.58. The van der Waals surface area contributed by atoms with Crippen molar-refractivity contribution >= 4 is 10.0 Å². The summed E-state index contributed by atoms with van der Waals surface area (Å²) in [4.78, 5) is 4.23. The van der Waals surface area contributed by atoms with Gasteiger partial charge in [0.2, 0.25) is 10.0 Å². The number of sulfonamides is 1. The van der Waals surface area contributed by atoms with Gasteiger partial charge in [-0.3, -0.25) is 5.10 Å².